The van der Waals surface area contributed by atoms with Crippen LogP contribution < -0.4 is 41.5 Å². The lowest BCUT2D eigenvalue weighted by Crippen LogP contribution is -2.54. The molecule has 4 heterocycles. The normalized spacial score (nSPS) is 16.7. The predicted octanol–water partition coefficient (Wildman–Crippen LogP) is 5.02. The molecular weight excluding hydrogens is 865 g/mol. The van der Waals surface area contributed by atoms with E-state index in [0.717, 1.165) is 23.4 Å². The number of carbonyl (C=O) groups is 5. The lowest BCUT2D eigenvalue weighted by atomic mass is 10.0. The predicted molar refractivity (Wildman–Crippen MR) is 243 cm³/mol. The van der Waals surface area contributed by atoms with Crippen molar-refractivity contribution in [2.24, 2.45) is 0 Å². The monoisotopic (exact) mass is 913 g/mol. The molecule has 20 heteroatoms. The van der Waals surface area contributed by atoms with Gasteiger partial charge in [-0.2, -0.15) is 4.98 Å². The molecule has 336 valence electrons. The molecule has 1 unspecified atom stereocenters. The van der Waals surface area contributed by atoms with Crippen molar-refractivity contribution in [2.75, 3.05) is 80.7 Å². The van der Waals surface area contributed by atoms with Gasteiger partial charge in [0.05, 0.1) is 55.3 Å². The van der Waals surface area contributed by atoms with Gasteiger partial charge in [-0.1, -0.05) is 29.8 Å². The van der Waals surface area contributed by atoms with Gasteiger partial charge in [0.1, 0.15) is 30.6 Å². The summed E-state index contributed by atoms with van der Waals surface area (Å²) in [5, 5.41) is 15.8. The van der Waals surface area contributed by atoms with E-state index in [1.54, 1.807) is 32.6 Å². The minimum atomic E-state index is -2.57. The molecule has 1 aromatic heterocycles. The van der Waals surface area contributed by atoms with E-state index in [1.807, 2.05) is 42.5 Å². The summed E-state index contributed by atoms with van der Waals surface area (Å²) < 4.78 is 29.7. The Hall–Kier alpha value is -6.49. The Morgan fingerprint density at radius 1 is 0.938 bits per heavy atom. The summed E-state index contributed by atoms with van der Waals surface area (Å²) in [4.78, 5) is 75.0. The van der Waals surface area contributed by atoms with E-state index in [0.29, 0.717) is 58.6 Å². The summed E-state index contributed by atoms with van der Waals surface area (Å²) in [6.45, 7) is 5.89. The van der Waals surface area contributed by atoms with E-state index >= 15 is 0 Å². The van der Waals surface area contributed by atoms with E-state index < -0.39 is 36.8 Å². The second-order valence-electron chi connectivity index (χ2n) is 15.6. The Balaban J connectivity index is 0.803. The lowest BCUT2D eigenvalue weighted by Gasteiger charge is -2.34. The molecule has 0 spiro atoms. The van der Waals surface area contributed by atoms with Crippen LogP contribution in [0.2, 0.25) is 5.02 Å². The van der Waals surface area contributed by atoms with Crippen LogP contribution in [0.5, 0.6) is 5.75 Å². The topological polar surface area (TPSA) is 223 Å². The van der Waals surface area contributed by atoms with Crippen LogP contribution in [0.4, 0.5) is 34.5 Å². The molecule has 0 saturated carbocycles. The van der Waals surface area contributed by atoms with Crippen LogP contribution in [0, 0.1) is 0 Å². The number of imide groups is 2. The second-order valence-corrected chi connectivity index (χ2v) is 19.1. The van der Waals surface area contributed by atoms with E-state index in [4.69, 9.17) is 25.8 Å². The van der Waals surface area contributed by atoms with E-state index in [2.05, 4.69) is 41.5 Å². The van der Waals surface area contributed by atoms with Gasteiger partial charge < -0.3 is 44.9 Å². The molecule has 64 heavy (non-hydrogen) atoms. The summed E-state index contributed by atoms with van der Waals surface area (Å²) in [6.07, 6.45) is 5.76. The number of amides is 5. The van der Waals surface area contributed by atoms with Gasteiger partial charge in [0.25, 0.3) is 11.8 Å². The number of rotatable bonds is 18. The molecule has 0 aliphatic carbocycles. The summed E-state index contributed by atoms with van der Waals surface area (Å²) >= 11 is 6.44. The fourth-order valence-electron chi connectivity index (χ4n) is 7.63. The number of nitrogens with one attached hydrogen (secondary N) is 5. The Labute approximate surface area is 374 Å². The summed E-state index contributed by atoms with van der Waals surface area (Å²) in [5.41, 5.74) is 3.08. The Bertz CT molecular complexity index is 2510. The molecule has 4 aromatic rings. The number of nitrogens with zero attached hydrogens (tertiary/aromatic N) is 4. The van der Waals surface area contributed by atoms with Crippen molar-refractivity contribution in [2.45, 2.75) is 37.8 Å². The summed E-state index contributed by atoms with van der Waals surface area (Å²) in [7, 11) is -0.985. The molecule has 3 aromatic carbocycles. The van der Waals surface area contributed by atoms with Crippen LogP contribution in [-0.2, 0) is 28.4 Å². The van der Waals surface area contributed by atoms with E-state index in [1.165, 1.54) is 24.6 Å². The third-order valence-electron chi connectivity index (χ3n) is 10.8. The number of hydrogen-bond acceptors (Lipinski definition) is 15. The van der Waals surface area contributed by atoms with Crippen molar-refractivity contribution in [3.05, 3.63) is 95.3 Å². The first kappa shape index (κ1) is 45.5. The van der Waals surface area contributed by atoms with Gasteiger partial charge in [0, 0.05) is 60.9 Å². The molecule has 3 aliphatic heterocycles. The Kier molecular flexibility index (Phi) is 14.5. The molecule has 18 nitrogen and oxygen atoms in total. The van der Waals surface area contributed by atoms with Crippen molar-refractivity contribution in [3.63, 3.8) is 0 Å². The molecule has 5 N–H and O–H groups in total. The maximum Gasteiger partial charge on any atom is 0.264 e. The molecule has 3 aliphatic rings. The number of benzene rings is 3. The van der Waals surface area contributed by atoms with Crippen molar-refractivity contribution in [3.8, 4) is 5.75 Å². The molecule has 2 fully saturated rings. The fourth-order valence-corrected chi connectivity index (χ4v) is 8.92. The number of methoxy groups -OCH3 is 1. The van der Waals surface area contributed by atoms with Crippen LogP contribution >= 0.6 is 18.7 Å². The summed E-state index contributed by atoms with van der Waals surface area (Å²) in [6, 6.07) is 17.0. The molecule has 5 amide bonds. The average molecular weight is 914 g/mol. The zero-order chi connectivity index (χ0) is 45.4. The van der Waals surface area contributed by atoms with Gasteiger partial charge in [-0.3, -0.25) is 34.2 Å². The first-order valence-electron chi connectivity index (χ1n) is 20.7. The van der Waals surface area contributed by atoms with Gasteiger partial charge in [0.2, 0.25) is 23.7 Å². The molecule has 0 radical (unpaired) electrons. The highest BCUT2D eigenvalue weighted by Crippen LogP contribution is 2.39. The molecular formula is C44H49ClN9O9P. The summed E-state index contributed by atoms with van der Waals surface area (Å²) in [5.74, 6) is -1.28. The SMILES string of the molecule is COc1cc(N2CCC(NC(=O)C=COCCOCCNc3cccc4c3C(=O)N(C3CCC(=O)NC3=O)C4=O)CC2)ccc1Nc1ncc(Cl)c(Nc2ccccc2P(C)(C)=O)n1. The number of fused-ring (bicyclic) bond motifs is 1. The molecule has 0 bridgehead atoms. The lowest BCUT2D eigenvalue weighted by molar-refractivity contribution is -0.136. The maximum atomic E-state index is 13.3. The van der Waals surface area contributed by atoms with Crippen LogP contribution in [-0.4, -0.2) is 116 Å². The zero-order valence-corrected chi connectivity index (χ0v) is 37.2. The Morgan fingerprint density at radius 3 is 2.48 bits per heavy atom. The number of carbonyl (C=O) groups excluding carboxylic acids is 5. The first-order valence-corrected chi connectivity index (χ1v) is 23.7. The Morgan fingerprint density at radius 2 is 1.72 bits per heavy atom. The van der Waals surface area contributed by atoms with Crippen LogP contribution in [0.1, 0.15) is 46.4 Å². The largest absolute Gasteiger partial charge is 0.499 e. The number of ether oxygens (including phenoxy) is 3. The van der Waals surface area contributed by atoms with Gasteiger partial charge in [0.15, 0.2) is 5.82 Å². The molecule has 7 rings (SSSR count). The first-order chi connectivity index (χ1) is 30.8. The maximum absolute atomic E-state index is 13.3. The highest BCUT2D eigenvalue weighted by Gasteiger charge is 2.45. The smallest absolute Gasteiger partial charge is 0.264 e. The van der Waals surface area contributed by atoms with Crippen molar-refractivity contribution in [1.82, 2.24) is 25.5 Å². The van der Waals surface area contributed by atoms with Gasteiger partial charge >= 0.3 is 0 Å². The minimum Gasteiger partial charge on any atom is -0.499 e. The van der Waals surface area contributed by atoms with Crippen LogP contribution in [0.25, 0.3) is 0 Å². The second kappa shape index (κ2) is 20.3. The quantitative estimate of drug-likeness (QED) is 0.0291. The number of para-hydroxylation sites is 1. The third kappa shape index (κ3) is 10.8. The van der Waals surface area contributed by atoms with Crippen molar-refractivity contribution < 1.29 is 42.7 Å². The number of anilines is 6. The van der Waals surface area contributed by atoms with Crippen LogP contribution in [0.15, 0.2) is 79.2 Å². The van der Waals surface area contributed by atoms with Gasteiger partial charge in [-0.25, -0.2) is 4.98 Å². The zero-order valence-electron chi connectivity index (χ0n) is 35.5. The molecule has 2 saturated heterocycles. The molecule has 1 atom stereocenters. The highest BCUT2D eigenvalue weighted by atomic mass is 35.5. The van der Waals surface area contributed by atoms with Crippen molar-refractivity contribution in [1.29, 1.82) is 0 Å². The third-order valence-corrected chi connectivity index (χ3v) is 12.6. The van der Waals surface area contributed by atoms with Crippen molar-refractivity contribution >= 4 is 88.1 Å². The highest BCUT2D eigenvalue weighted by molar-refractivity contribution is 7.70. The number of halogens is 1. The van der Waals surface area contributed by atoms with E-state index in [-0.39, 0.29) is 61.7 Å². The van der Waals surface area contributed by atoms with Gasteiger partial charge in [-0.15, -0.1) is 0 Å². The average Bonchev–Trinajstić information content (AvgIpc) is 3.53. The van der Waals surface area contributed by atoms with Gasteiger partial charge in [-0.05, 0) is 69.0 Å². The van der Waals surface area contributed by atoms with Crippen LogP contribution in [0.3, 0.4) is 0 Å². The standard InChI is InChI=1S/C44H49ClN9O9P/c1-61-35-25-28(11-12-31(35)50-44-47-26-30(45)40(52-44)49-32-8-4-5-10-36(32)64(2,3)60)53-19-15-27(16-20-53)48-38(56)17-21-62-23-24-63-22-18-46-33-9-6-7-29-39(33)43(59)54(42(29)58)34-13-14-37(55)51-41(34)57/h4-12,17,21,25-27,34,46H,13-16,18-20,22-24H2,1-3H3,(H,48,56)(H,51,55,57)(H2,47,49,50,52). The number of aromatic nitrogens is 2. The van der Waals surface area contributed by atoms with E-state index in [9.17, 15) is 28.5 Å². The fraction of sp³-hybridized carbons (Fsp3) is 0.341. The number of hydrogen-bond donors (Lipinski definition) is 5. The number of piperidine rings is 2. The minimum absolute atomic E-state index is 0.00903.